The van der Waals surface area contributed by atoms with Crippen LogP contribution < -0.4 is 5.32 Å². The Labute approximate surface area is 118 Å². The van der Waals surface area contributed by atoms with Crippen molar-refractivity contribution < 1.29 is 18.7 Å². The van der Waals surface area contributed by atoms with Crippen LogP contribution in [0.15, 0.2) is 5.38 Å². The third kappa shape index (κ3) is 6.84. The molecule has 108 valence electrons. The number of aromatic nitrogens is 1. The predicted molar refractivity (Wildman–Crippen MR) is 72.7 cm³/mol. The van der Waals surface area contributed by atoms with Gasteiger partial charge in [-0.3, -0.25) is 4.79 Å². The van der Waals surface area contributed by atoms with Crippen molar-refractivity contribution in [2.75, 3.05) is 18.9 Å². The quantitative estimate of drug-likeness (QED) is 0.719. The van der Waals surface area contributed by atoms with Crippen LogP contribution in [-0.2, 0) is 10.5 Å². The molecular weight excluding hydrogens is 294 g/mol. The van der Waals surface area contributed by atoms with Crippen molar-refractivity contribution in [1.82, 2.24) is 10.3 Å². The highest BCUT2D eigenvalue weighted by Gasteiger charge is 2.27. The molecule has 0 aliphatic rings. The van der Waals surface area contributed by atoms with Crippen molar-refractivity contribution in [3.05, 3.63) is 16.1 Å². The summed E-state index contributed by atoms with van der Waals surface area (Å²) in [5, 5.41) is 13.4. The van der Waals surface area contributed by atoms with Gasteiger partial charge in [0.05, 0.1) is 17.2 Å². The molecule has 19 heavy (non-hydrogen) atoms. The van der Waals surface area contributed by atoms with E-state index in [-0.39, 0.29) is 6.42 Å². The average Bonchev–Trinajstić information content (AvgIpc) is 2.78. The zero-order valence-electron chi connectivity index (χ0n) is 10.5. The lowest BCUT2D eigenvalue weighted by Crippen LogP contribution is -2.39. The van der Waals surface area contributed by atoms with E-state index in [0.717, 1.165) is 10.7 Å². The minimum Gasteiger partial charge on any atom is -0.390 e. The predicted octanol–water partition coefficient (Wildman–Crippen LogP) is 1.82. The highest BCUT2D eigenvalue weighted by Crippen LogP contribution is 2.15. The molecule has 4 nitrogen and oxygen atoms in total. The lowest BCUT2D eigenvalue weighted by molar-refractivity contribution is -0.123. The lowest BCUT2D eigenvalue weighted by Gasteiger charge is -2.13. The van der Waals surface area contributed by atoms with Crippen LogP contribution in [0.25, 0.3) is 0 Å². The van der Waals surface area contributed by atoms with Gasteiger partial charge in [-0.25, -0.2) is 13.8 Å². The van der Waals surface area contributed by atoms with Gasteiger partial charge in [0, 0.05) is 23.3 Å². The summed E-state index contributed by atoms with van der Waals surface area (Å²) in [5.41, 5.74) is 0.972. The first-order chi connectivity index (χ1) is 8.93. The van der Waals surface area contributed by atoms with Gasteiger partial charge in [-0.15, -0.1) is 11.3 Å². The standard InChI is InChI=1S/C11H16F2N2O2S2/c1-8-15-9(5-19-8)4-18-3-2-10(17)14-6-11(12,13)7-16/h5,16H,2-4,6-7H2,1H3,(H,14,17). The van der Waals surface area contributed by atoms with Crippen molar-refractivity contribution >= 4 is 29.0 Å². The summed E-state index contributed by atoms with van der Waals surface area (Å²) in [6.45, 7) is -0.156. The molecule has 0 radical (unpaired) electrons. The number of hydrogen-bond donors (Lipinski definition) is 2. The minimum absolute atomic E-state index is 0.176. The summed E-state index contributed by atoms with van der Waals surface area (Å²) < 4.78 is 25.3. The molecule has 1 heterocycles. The van der Waals surface area contributed by atoms with E-state index in [1.54, 1.807) is 11.3 Å². The van der Waals surface area contributed by atoms with Gasteiger partial charge in [-0.05, 0) is 6.92 Å². The second-order valence-electron chi connectivity index (χ2n) is 3.95. The minimum atomic E-state index is -3.25. The number of aryl methyl sites for hydroxylation is 1. The highest BCUT2D eigenvalue weighted by molar-refractivity contribution is 7.98. The molecule has 0 spiro atoms. The van der Waals surface area contributed by atoms with E-state index in [1.165, 1.54) is 11.8 Å². The van der Waals surface area contributed by atoms with Gasteiger partial charge in [0.25, 0.3) is 5.92 Å². The van der Waals surface area contributed by atoms with Gasteiger partial charge in [0.2, 0.25) is 5.91 Å². The Morgan fingerprint density at radius 1 is 1.63 bits per heavy atom. The van der Waals surface area contributed by atoms with Crippen molar-refractivity contribution in [1.29, 1.82) is 0 Å². The monoisotopic (exact) mass is 310 g/mol. The van der Waals surface area contributed by atoms with E-state index < -0.39 is 25.0 Å². The van der Waals surface area contributed by atoms with Crippen molar-refractivity contribution in [2.45, 2.75) is 25.0 Å². The largest absolute Gasteiger partial charge is 0.390 e. The third-order valence-corrected chi connectivity index (χ3v) is 3.98. The molecule has 0 unspecified atom stereocenters. The van der Waals surface area contributed by atoms with Gasteiger partial charge in [-0.1, -0.05) is 0 Å². The Bertz CT molecular complexity index is 413. The molecule has 0 fully saturated rings. The Kier molecular flexibility index (Phi) is 6.67. The molecule has 1 rings (SSSR count). The number of alkyl halides is 2. The molecule has 0 aliphatic heterocycles. The van der Waals surface area contributed by atoms with Gasteiger partial charge in [0.1, 0.15) is 6.61 Å². The second kappa shape index (κ2) is 7.76. The Hall–Kier alpha value is -0.730. The molecule has 0 aromatic carbocycles. The summed E-state index contributed by atoms with van der Waals surface area (Å²) in [7, 11) is 0. The van der Waals surface area contributed by atoms with Crippen LogP contribution in [0.2, 0.25) is 0 Å². The van der Waals surface area contributed by atoms with Gasteiger partial charge in [-0.2, -0.15) is 11.8 Å². The fourth-order valence-electron chi connectivity index (χ4n) is 1.19. The number of carbonyl (C=O) groups is 1. The van der Waals surface area contributed by atoms with Gasteiger partial charge in [0.15, 0.2) is 0 Å². The topological polar surface area (TPSA) is 62.2 Å². The molecule has 2 N–H and O–H groups in total. The van der Waals surface area contributed by atoms with E-state index in [2.05, 4.69) is 10.3 Å². The number of carbonyl (C=O) groups excluding carboxylic acids is 1. The zero-order chi connectivity index (χ0) is 14.3. The maximum atomic E-state index is 12.6. The fourth-order valence-corrected chi connectivity index (χ4v) is 2.74. The van der Waals surface area contributed by atoms with Gasteiger partial charge >= 0.3 is 0 Å². The van der Waals surface area contributed by atoms with E-state index in [0.29, 0.717) is 11.5 Å². The fraction of sp³-hybridized carbons (Fsp3) is 0.636. The first-order valence-electron chi connectivity index (χ1n) is 5.67. The van der Waals surface area contributed by atoms with E-state index in [4.69, 9.17) is 5.11 Å². The summed E-state index contributed by atoms with van der Waals surface area (Å²) in [5.74, 6) is -2.42. The number of aliphatic hydroxyl groups is 1. The number of nitrogens with one attached hydrogen (secondary N) is 1. The molecule has 8 heteroatoms. The van der Waals surface area contributed by atoms with Crippen LogP contribution in [0.3, 0.4) is 0 Å². The number of amides is 1. The molecule has 0 bridgehead atoms. The molecular formula is C11H16F2N2O2S2. The van der Waals surface area contributed by atoms with Crippen LogP contribution in [0.5, 0.6) is 0 Å². The molecule has 0 saturated carbocycles. The molecule has 1 aromatic rings. The van der Waals surface area contributed by atoms with Crippen LogP contribution in [0.4, 0.5) is 8.78 Å². The SMILES string of the molecule is Cc1nc(CSCCC(=O)NCC(F)(F)CO)cs1. The summed E-state index contributed by atoms with van der Waals surface area (Å²) in [6, 6.07) is 0. The Morgan fingerprint density at radius 3 is 2.95 bits per heavy atom. The van der Waals surface area contributed by atoms with Crippen LogP contribution >= 0.6 is 23.1 Å². The van der Waals surface area contributed by atoms with E-state index >= 15 is 0 Å². The summed E-state index contributed by atoms with van der Waals surface area (Å²) >= 11 is 3.10. The van der Waals surface area contributed by atoms with Crippen molar-refractivity contribution in [3.63, 3.8) is 0 Å². The molecule has 0 aliphatic carbocycles. The molecule has 0 saturated heterocycles. The van der Waals surface area contributed by atoms with Gasteiger partial charge < -0.3 is 10.4 Å². The number of thiazole rings is 1. The summed E-state index contributed by atoms with van der Waals surface area (Å²) in [6.07, 6.45) is 0.176. The number of thioether (sulfide) groups is 1. The normalized spacial score (nSPS) is 11.6. The smallest absolute Gasteiger partial charge is 0.287 e. The Balaban J connectivity index is 2.10. The number of hydrogen-bond acceptors (Lipinski definition) is 5. The average molecular weight is 310 g/mol. The summed E-state index contributed by atoms with van der Waals surface area (Å²) in [4.78, 5) is 15.5. The maximum Gasteiger partial charge on any atom is 0.287 e. The lowest BCUT2D eigenvalue weighted by atomic mass is 10.3. The number of halogens is 2. The zero-order valence-corrected chi connectivity index (χ0v) is 12.1. The van der Waals surface area contributed by atoms with Crippen LogP contribution in [0, 0.1) is 6.92 Å². The molecule has 1 aromatic heterocycles. The first kappa shape index (κ1) is 16.3. The van der Waals surface area contributed by atoms with Crippen LogP contribution in [0.1, 0.15) is 17.1 Å². The highest BCUT2D eigenvalue weighted by atomic mass is 32.2. The van der Waals surface area contributed by atoms with Crippen LogP contribution in [-0.4, -0.2) is 40.8 Å². The van der Waals surface area contributed by atoms with E-state index in [9.17, 15) is 13.6 Å². The number of aliphatic hydroxyl groups excluding tert-OH is 1. The maximum absolute atomic E-state index is 12.6. The Morgan fingerprint density at radius 2 is 2.37 bits per heavy atom. The van der Waals surface area contributed by atoms with Crippen molar-refractivity contribution in [3.8, 4) is 0 Å². The third-order valence-electron chi connectivity index (χ3n) is 2.17. The van der Waals surface area contributed by atoms with E-state index in [1.807, 2.05) is 12.3 Å². The number of nitrogens with zero attached hydrogens (tertiary/aromatic N) is 1. The van der Waals surface area contributed by atoms with Crippen molar-refractivity contribution in [2.24, 2.45) is 0 Å². The molecule has 0 atom stereocenters. The molecule has 1 amide bonds. The first-order valence-corrected chi connectivity index (χ1v) is 7.70. The number of rotatable bonds is 8. The second-order valence-corrected chi connectivity index (χ2v) is 6.12.